The van der Waals surface area contributed by atoms with Crippen LogP contribution in [0.2, 0.25) is 0 Å². The van der Waals surface area contributed by atoms with Crippen LogP contribution in [0.1, 0.15) is 35.1 Å². The molecule has 1 aromatic heterocycles. The lowest BCUT2D eigenvalue weighted by molar-refractivity contribution is 0.0791. The van der Waals surface area contributed by atoms with Crippen molar-refractivity contribution in [3.8, 4) is 0 Å². The van der Waals surface area contributed by atoms with E-state index < -0.39 is 0 Å². The number of carbonyl (C=O) groups is 1. The van der Waals surface area contributed by atoms with Gasteiger partial charge in [0.2, 0.25) is 0 Å². The number of hydrogen-bond acceptors (Lipinski definition) is 3. The molecule has 2 heterocycles. The third kappa shape index (κ3) is 2.57. The minimum atomic E-state index is 0.0306. The molecule has 1 aliphatic heterocycles. The van der Waals surface area contributed by atoms with E-state index in [1.54, 1.807) is 4.90 Å². The highest BCUT2D eigenvalue weighted by molar-refractivity contribution is 6.21. The number of aromatic nitrogens is 2. The maximum absolute atomic E-state index is 12.3. The molecule has 0 aliphatic carbocycles. The van der Waals surface area contributed by atoms with Crippen LogP contribution in [0.4, 0.5) is 0 Å². The second kappa shape index (κ2) is 5.00. The summed E-state index contributed by atoms with van der Waals surface area (Å²) in [7, 11) is 0. The van der Waals surface area contributed by atoms with E-state index in [4.69, 9.17) is 11.6 Å². The molecular weight excluding hydrogens is 238 g/mol. The first-order chi connectivity index (χ1) is 8.11. The Morgan fingerprint density at radius 3 is 2.94 bits per heavy atom. The molecule has 0 N–H and O–H groups in total. The second-order valence-corrected chi connectivity index (χ2v) is 4.95. The molecule has 4 nitrogen and oxygen atoms in total. The lowest BCUT2D eigenvalue weighted by Crippen LogP contribution is -2.30. The quantitative estimate of drug-likeness (QED) is 0.755. The van der Waals surface area contributed by atoms with Gasteiger partial charge in [0.25, 0.3) is 5.91 Å². The molecule has 17 heavy (non-hydrogen) atoms. The van der Waals surface area contributed by atoms with Gasteiger partial charge < -0.3 is 4.90 Å². The minimum absolute atomic E-state index is 0.0306. The Morgan fingerprint density at radius 2 is 2.35 bits per heavy atom. The summed E-state index contributed by atoms with van der Waals surface area (Å²) < 4.78 is 0. The Balaban J connectivity index is 2.26. The van der Waals surface area contributed by atoms with Crippen LogP contribution in [0.5, 0.6) is 0 Å². The van der Waals surface area contributed by atoms with E-state index >= 15 is 0 Å². The van der Waals surface area contributed by atoms with Crippen molar-refractivity contribution in [1.29, 1.82) is 0 Å². The van der Waals surface area contributed by atoms with Gasteiger partial charge in [-0.1, -0.05) is 6.92 Å². The number of nitrogens with zero attached hydrogens (tertiary/aromatic N) is 3. The highest BCUT2D eigenvalue weighted by Crippen LogP contribution is 2.19. The van der Waals surface area contributed by atoms with E-state index in [1.807, 2.05) is 19.9 Å². The van der Waals surface area contributed by atoms with Crippen molar-refractivity contribution >= 4 is 17.5 Å². The summed E-state index contributed by atoms with van der Waals surface area (Å²) in [4.78, 5) is 14.1. The van der Waals surface area contributed by atoms with Crippen molar-refractivity contribution in [3.05, 3.63) is 23.0 Å². The average molecular weight is 254 g/mol. The van der Waals surface area contributed by atoms with Crippen LogP contribution in [0.15, 0.2) is 6.07 Å². The molecule has 1 fully saturated rings. The lowest BCUT2D eigenvalue weighted by Gasteiger charge is -2.17. The van der Waals surface area contributed by atoms with Gasteiger partial charge in [-0.3, -0.25) is 4.79 Å². The van der Waals surface area contributed by atoms with Gasteiger partial charge in [0.15, 0.2) is 0 Å². The minimum Gasteiger partial charge on any atom is -0.337 e. The van der Waals surface area contributed by atoms with Crippen molar-refractivity contribution in [2.24, 2.45) is 0 Å². The topological polar surface area (TPSA) is 46.1 Å². The van der Waals surface area contributed by atoms with Crippen LogP contribution >= 0.6 is 11.6 Å². The molecule has 92 valence electrons. The van der Waals surface area contributed by atoms with Crippen LogP contribution in [-0.4, -0.2) is 39.5 Å². The molecule has 0 radical (unpaired) electrons. The van der Waals surface area contributed by atoms with Crippen LogP contribution in [0, 0.1) is 6.92 Å². The molecule has 1 saturated heterocycles. The molecule has 1 atom stereocenters. The summed E-state index contributed by atoms with van der Waals surface area (Å²) in [6.45, 7) is 5.18. The zero-order chi connectivity index (χ0) is 12.4. The molecule has 0 spiro atoms. The van der Waals surface area contributed by atoms with Gasteiger partial charge in [-0.25, -0.2) is 0 Å². The van der Waals surface area contributed by atoms with Gasteiger partial charge in [-0.15, -0.1) is 11.6 Å². The van der Waals surface area contributed by atoms with E-state index in [9.17, 15) is 4.79 Å². The Hall–Kier alpha value is -1.16. The molecule has 1 aromatic rings. The number of likely N-dealkylation sites (tertiary alicyclic amines) is 1. The fourth-order valence-electron chi connectivity index (χ4n) is 2.03. The van der Waals surface area contributed by atoms with E-state index in [1.165, 1.54) is 0 Å². The third-order valence-electron chi connectivity index (χ3n) is 2.98. The van der Waals surface area contributed by atoms with Gasteiger partial charge in [0, 0.05) is 13.1 Å². The summed E-state index contributed by atoms with van der Waals surface area (Å²) in [5.41, 5.74) is 2.21. The number of rotatable bonds is 2. The van der Waals surface area contributed by atoms with Crippen molar-refractivity contribution in [2.75, 3.05) is 13.1 Å². The average Bonchev–Trinajstić information content (AvgIpc) is 2.75. The van der Waals surface area contributed by atoms with Crippen LogP contribution in [0.3, 0.4) is 0 Å². The number of amides is 1. The highest BCUT2D eigenvalue weighted by atomic mass is 35.5. The smallest absolute Gasteiger partial charge is 0.255 e. The molecule has 0 aromatic carbocycles. The molecule has 1 unspecified atom stereocenters. The van der Waals surface area contributed by atoms with Crippen molar-refractivity contribution in [2.45, 2.75) is 32.1 Å². The highest BCUT2D eigenvalue weighted by Gasteiger charge is 2.27. The fraction of sp³-hybridized carbons (Fsp3) is 0.583. The normalized spacial score (nSPS) is 19.7. The molecule has 1 aliphatic rings. The van der Waals surface area contributed by atoms with Crippen LogP contribution < -0.4 is 0 Å². The number of hydrogen-bond donors (Lipinski definition) is 0. The first-order valence-electron chi connectivity index (χ1n) is 5.88. The standard InChI is InChI=1S/C12H16ClN3O/c1-3-11-10(6-8(2)14-15-11)12(17)16-5-4-9(13)7-16/h6,9H,3-5,7H2,1-2H3. The number of halogens is 1. The predicted molar refractivity (Wildman–Crippen MR) is 66.3 cm³/mol. The molecular formula is C12H16ClN3O. The summed E-state index contributed by atoms with van der Waals surface area (Å²) in [5, 5.41) is 8.15. The Bertz CT molecular complexity index is 436. The fourth-order valence-corrected chi connectivity index (χ4v) is 2.30. The van der Waals surface area contributed by atoms with Crippen molar-refractivity contribution in [1.82, 2.24) is 15.1 Å². The summed E-state index contributed by atoms with van der Waals surface area (Å²) in [6, 6.07) is 1.82. The van der Waals surface area contributed by atoms with Gasteiger partial charge >= 0.3 is 0 Å². The van der Waals surface area contributed by atoms with Gasteiger partial charge in [0.05, 0.1) is 22.3 Å². The molecule has 5 heteroatoms. The maximum Gasteiger partial charge on any atom is 0.255 e. The van der Waals surface area contributed by atoms with Crippen molar-refractivity contribution in [3.63, 3.8) is 0 Å². The lowest BCUT2D eigenvalue weighted by atomic mass is 10.1. The second-order valence-electron chi connectivity index (χ2n) is 4.34. The summed E-state index contributed by atoms with van der Waals surface area (Å²) >= 11 is 6.02. The monoisotopic (exact) mass is 253 g/mol. The number of carbonyl (C=O) groups excluding carboxylic acids is 1. The molecule has 0 saturated carbocycles. The van der Waals surface area contributed by atoms with Gasteiger partial charge in [-0.2, -0.15) is 10.2 Å². The number of alkyl halides is 1. The first-order valence-corrected chi connectivity index (χ1v) is 6.32. The Kier molecular flexibility index (Phi) is 3.62. The maximum atomic E-state index is 12.3. The molecule has 1 amide bonds. The molecule has 0 bridgehead atoms. The van der Waals surface area contributed by atoms with Gasteiger partial charge in [0.1, 0.15) is 0 Å². The third-order valence-corrected chi connectivity index (χ3v) is 3.33. The van der Waals surface area contributed by atoms with E-state index in [0.717, 1.165) is 24.4 Å². The van der Waals surface area contributed by atoms with E-state index in [2.05, 4.69) is 10.2 Å². The predicted octanol–water partition coefficient (Wildman–Crippen LogP) is 1.80. The van der Waals surface area contributed by atoms with Crippen LogP contribution in [-0.2, 0) is 6.42 Å². The molecule has 2 rings (SSSR count). The van der Waals surface area contributed by atoms with Gasteiger partial charge in [-0.05, 0) is 25.8 Å². The largest absolute Gasteiger partial charge is 0.337 e. The van der Waals surface area contributed by atoms with Crippen LogP contribution in [0.25, 0.3) is 0 Å². The SMILES string of the molecule is CCc1nnc(C)cc1C(=O)N1CCC(Cl)C1. The van der Waals surface area contributed by atoms with Crippen molar-refractivity contribution < 1.29 is 4.79 Å². The Labute approximate surface area is 106 Å². The summed E-state index contributed by atoms with van der Waals surface area (Å²) in [6.07, 6.45) is 1.58. The Morgan fingerprint density at radius 1 is 1.59 bits per heavy atom. The number of aryl methyl sites for hydroxylation is 2. The zero-order valence-corrected chi connectivity index (χ0v) is 10.9. The van der Waals surface area contributed by atoms with E-state index in [0.29, 0.717) is 18.5 Å². The summed E-state index contributed by atoms with van der Waals surface area (Å²) in [5.74, 6) is 0.0306. The first kappa shape index (κ1) is 12.3. The zero-order valence-electron chi connectivity index (χ0n) is 10.1. The van der Waals surface area contributed by atoms with E-state index in [-0.39, 0.29) is 11.3 Å².